The fourth-order valence-electron chi connectivity index (χ4n) is 2.80. The van der Waals surface area contributed by atoms with Gasteiger partial charge in [-0.2, -0.15) is 0 Å². The van der Waals surface area contributed by atoms with Crippen molar-refractivity contribution in [3.8, 4) is 0 Å². The monoisotopic (exact) mass is 220 g/mol. The van der Waals surface area contributed by atoms with E-state index in [1.807, 2.05) is 6.08 Å². The van der Waals surface area contributed by atoms with Crippen LogP contribution in [0.5, 0.6) is 0 Å². The summed E-state index contributed by atoms with van der Waals surface area (Å²) in [7, 11) is 0. The van der Waals surface area contributed by atoms with Gasteiger partial charge in [0.15, 0.2) is 0 Å². The van der Waals surface area contributed by atoms with Crippen LogP contribution in [-0.4, -0.2) is 5.78 Å². The molecule has 0 spiro atoms. The number of hydrogen-bond acceptors (Lipinski definition) is 1. The van der Waals surface area contributed by atoms with Crippen LogP contribution in [0.2, 0.25) is 0 Å². The molecule has 0 aromatic carbocycles. The first-order valence-electron chi connectivity index (χ1n) is 6.43. The van der Waals surface area contributed by atoms with E-state index in [0.717, 1.165) is 25.7 Å². The van der Waals surface area contributed by atoms with Gasteiger partial charge in [0.05, 0.1) is 0 Å². The predicted molar refractivity (Wildman–Crippen MR) is 69.2 cm³/mol. The molecule has 1 aliphatic rings. The van der Waals surface area contributed by atoms with E-state index in [1.165, 1.54) is 5.57 Å². The van der Waals surface area contributed by atoms with E-state index in [-0.39, 0.29) is 5.92 Å². The first-order valence-corrected chi connectivity index (χ1v) is 6.43. The van der Waals surface area contributed by atoms with Crippen molar-refractivity contribution in [3.63, 3.8) is 0 Å². The van der Waals surface area contributed by atoms with Crippen molar-refractivity contribution in [2.45, 2.75) is 46.5 Å². The Hall–Kier alpha value is -0.850. The van der Waals surface area contributed by atoms with Gasteiger partial charge < -0.3 is 0 Å². The average Bonchev–Trinajstić information content (AvgIpc) is 2.58. The van der Waals surface area contributed by atoms with Crippen molar-refractivity contribution >= 4 is 5.78 Å². The maximum Gasteiger partial charge on any atom is 0.136 e. The second kappa shape index (κ2) is 6.03. The fraction of sp³-hybridized carbons (Fsp3) is 0.667. The summed E-state index contributed by atoms with van der Waals surface area (Å²) >= 11 is 0. The highest BCUT2D eigenvalue weighted by molar-refractivity contribution is 5.83. The second-order valence-corrected chi connectivity index (χ2v) is 5.08. The summed E-state index contributed by atoms with van der Waals surface area (Å²) in [6.45, 7) is 10.3. The van der Waals surface area contributed by atoms with Gasteiger partial charge in [0.2, 0.25) is 0 Å². The minimum atomic E-state index is 0.259. The molecular weight excluding hydrogens is 196 g/mol. The Kier molecular flexibility index (Phi) is 4.98. The SMILES string of the molecule is C=CC(C)=CC(CCC)C1C(=O)CCC1C. The molecule has 1 heteroatoms. The molecule has 1 aliphatic carbocycles. The van der Waals surface area contributed by atoms with Crippen LogP contribution in [0.4, 0.5) is 0 Å². The first kappa shape index (κ1) is 13.2. The van der Waals surface area contributed by atoms with E-state index in [4.69, 9.17) is 0 Å². The van der Waals surface area contributed by atoms with Crippen LogP contribution < -0.4 is 0 Å². The number of ketones is 1. The molecule has 1 fully saturated rings. The summed E-state index contributed by atoms with van der Waals surface area (Å²) < 4.78 is 0. The maximum atomic E-state index is 11.9. The van der Waals surface area contributed by atoms with Crippen LogP contribution in [0.3, 0.4) is 0 Å². The Morgan fingerprint density at radius 2 is 2.31 bits per heavy atom. The number of Topliss-reactive ketones (excluding diaryl/α,β-unsaturated/α-hetero) is 1. The molecule has 0 aromatic rings. The minimum absolute atomic E-state index is 0.259. The molecule has 0 aliphatic heterocycles. The molecule has 3 atom stereocenters. The summed E-state index contributed by atoms with van der Waals surface area (Å²) in [5.41, 5.74) is 1.20. The Balaban J connectivity index is 2.83. The summed E-state index contributed by atoms with van der Waals surface area (Å²) in [6.07, 6.45) is 8.25. The molecule has 1 nitrogen and oxygen atoms in total. The molecule has 0 bridgehead atoms. The summed E-state index contributed by atoms with van der Waals surface area (Å²) in [5.74, 6) is 1.71. The van der Waals surface area contributed by atoms with Gasteiger partial charge in [0.1, 0.15) is 5.78 Å². The zero-order chi connectivity index (χ0) is 12.1. The highest BCUT2D eigenvalue weighted by Crippen LogP contribution is 2.37. The molecule has 0 heterocycles. The van der Waals surface area contributed by atoms with Gasteiger partial charge in [-0.25, -0.2) is 0 Å². The third kappa shape index (κ3) is 3.07. The third-order valence-electron chi connectivity index (χ3n) is 3.71. The molecule has 0 amide bonds. The number of carbonyl (C=O) groups is 1. The Morgan fingerprint density at radius 3 is 2.75 bits per heavy atom. The van der Waals surface area contributed by atoms with E-state index in [2.05, 4.69) is 33.4 Å². The highest BCUT2D eigenvalue weighted by Gasteiger charge is 2.35. The predicted octanol–water partition coefficient (Wildman–Crippen LogP) is 4.15. The minimum Gasteiger partial charge on any atom is -0.299 e. The maximum absolute atomic E-state index is 11.9. The number of hydrogen-bond donors (Lipinski definition) is 0. The van der Waals surface area contributed by atoms with Crippen LogP contribution in [-0.2, 0) is 4.79 Å². The molecule has 1 saturated carbocycles. The zero-order valence-electron chi connectivity index (χ0n) is 10.8. The smallest absolute Gasteiger partial charge is 0.136 e. The molecule has 0 saturated heterocycles. The van der Waals surface area contributed by atoms with E-state index in [0.29, 0.717) is 17.6 Å². The van der Waals surface area contributed by atoms with Crippen molar-refractivity contribution < 1.29 is 4.79 Å². The first-order chi connectivity index (χ1) is 7.60. The molecule has 1 rings (SSSR count). The topological polar surface area (TPSA) is 17.1 Å². The molecular formula is C15H24O. The van der Waals surface area contributed by atoms with Crippen molar-refractivity contribution in [1.29, 1.82) is 0 Å². The van der Waals surface area contributed by atoms with E-state index in [9.17, 15) is 4.79 Å². The van der Waals surface area contributed by atoms with E-state index in [1.54, 1.807) is 0 Å². The molecule has 0 radical (unpaired) electrons. The van der Waals surface area contributed by atoms with Gasteiger partial charge in [0, 0.05) is 12.3 Å². The lowest BCUT2D eigenvalue weighted by molar-refractivity contribution is -0.122. The normalized spacial score (nSPS) is 28.2. The Bertz CT molecular complexity index is 288. The molecule has 0 aromatic heterocycles. The summed E-state index contributed by atoms with van der Waals surface area (Å²) in [4.78, 5) is 11.9. The Labute approximate surface area is 99.6 Å². The summed E-state index contributed by atoms with van der Waals surface area (Å²) in [5, 5.41) is 0. The highest BCUT2D eigenvalue weighted by atomic mass is 16.1. The largest absolute Gasteiger partial charge is 0.299 e. The van der Waals surface area contributed by atoms with Crippen LogP contribution >= 0.6 is 0 Å². The number of carbonyl (C=O) groups excluding carboxylic acids is 1. The lowest BCUT2D eigenvalue weighted by Gasteiger charge is -2.23. The molecule has 16 heavy (non-hydrogen) atoms. The lowest BCUT2D eigenvalue weighted by Crippen LogP contribution is -2.22. The molecule has 90 valence electrons. The van der Waals surface area contributed by atoms with Crippen LogP contribution in [0.1, 0.15) is 46.5 Å². The van der Waals surface area contributed by atoms with E-state index >= 15 is 0 Å². The van der Waals surface area contributed by atoms with Crippen LogP contribution in [0, 0.1) is 17.8 Å². The number of rotatable bonds is 5. The fourth-order valence-corrected chi connectivity index (χ4v) is 2.80. The lowest BCUT2D eigenvalue weighted by atomic mass is 9.80. The van der Waals surface area contributed by atoms with Crippen LogP contribution in [0.15, 0.2) is 24.3 Å². The standard InChI is InChI=1S/C15H24O/c1-5-7-13(10-11(3)6-2)15-12(4)8-9-14(15)16/h6,10,12-13,15H,2,5,7-9H2,1,3-4H3. The quantitative estimate of drug-likeness (QED) is 0.636. The second-order valence-electron chi connectivity index (χ2n) is 5.08. The average molecular weight is 220 g/mol. The van der Waals surface area contributed by atoms with Gasteiger partial charge in [-0.15, -0.1) is 0 Å². The van der Waals surface area contributed by atoms with Crippen molar-refractivity contribution in [3.05, 3.63) is 24.3 Å². The number of allylic oxidation sites excluding steroid dienone is 3. The van der Waals surface area contributed by atoms with E-state index < -0.39 is 0 Å². The molecule has 3 unspecified atom stereocenters. The van der Waals surface area contributed by atoms with Crippen LogP contribution in [0.25, 0.3) is 0 Å². The van der Waals surface area contributed by atoms with Gasteiger partial charge in [0.25, 0.3) is 0 Å². The van der Waals surface area contributed by atoms with Crippen molar-refractivity contribution in [2.24, 2.45) is 17.8 Å². The molecule has 0 N–H and O–H groups in total. The summed E-state index contributed by atoms with van der Waals surface area (Å²) in [6, 6.07) is 0. The van der Waals surface area contributed by atoms with Crippen molar-refractivity contribution in [1.82, 2.24) is 0 Å². The van der Waals surface area contributed by atoms with Gasteiger partial charge in [-0.05, 0) is 31.6 Å². The van der Waals surface area contributed by atoms with Gasteiger partial charge >= 0.3 is 0 Å². The third-order valence-corrected chi connectivity index (χ3v) is 3.71. The van der Waals surface area contributed by atoms with Crippen molar-refractivity contribution in [2.75, 3.05) is 0 Å². The Morgan fingerprint density at radius 1 is 1.62 bits per heavy atom. The van der Waals surface area contributed by atoms with Gasteiger partial charge in [-0.1, -0.05) is 44.6 Å². The zero-order valence-corrected chi connectivity index (χ0v) is 10.8. The van der Waals surface area contributed by atoms with Gasteiger partial charge in [-0.3, -0.25) is 4.79 Å².